The molecule has 3 atom stereocenters. The van der Waals surface area contributed by atoms with E-state index >= 15 is 0 Å². The van der Waals surface area contributed by atoms with Gasteiger partial charge in [0.1, 0.15) is 11.5 Å². The summed E-state index contributed by atoms with van der Waals surface area (Å²) in [6, 6.07) is 5.77. The van der Waals surface area contributed by atoms with E-state index in [9.17, 15) is 14.3 Å². The first-order valence-corrected chi connectivity index (χ1v) is 8.82. The fraction of sp³-hybridized carbons (Fsp3) is 0.500. The number of nitrogens with two attached hydrogens (primary N) is 1. The molecule has 23 heavy (non-hydrogen) atoms. The van der Waals surface area contributed by atoms with Crippen molar-refractivity contribution in [2.24, 2.45) is 5.73 Å². The van der Waals surface area contributed by atoms with Gasteiger partial charge in [-0.15, -0.1) is 0 Å². The zero-order chi connectivity index (χ0) is 17.5. The van der Waals surface area contributed by atoms with Crippen LogP contribution >= 0.6 is 7.60 Å². The standard InChI is InChI=1S/C14H21BNO6P/c1-10(18)14(16)6-11-2-4-12(5-3-11)22-23(19,20)9-21-13(7-15)8-17/h2-5,13-14,17H,6-9,16H2,1H3,(H,19,20)/t13-,14?/m0/s1. The van der Waals surface area contributed by atoms with E-state index in [1.54, 1.807) is 12.1 Å². The Morgan fingerprint density at radius 1 is 1.39 bits per heavy atom. The lowest BCUT2D eigenvalue weighted by Crippen LogP contribution is -2.30. The van der Waals surface area contributed by atoms with Crippen molar-refractivity contribution in [2.45, 2.75) is 31.8 Å². The highest BCUT2D eigenvalue weighted by atomic mass is 31.2. The summed E-state index contributed by atoms with van der Waals surface area (Å²) in [7, 11) is 1.29. The van der Waals surface area contributed by atoms with Crippen LogP contribution < -0.4 is 10.3 Å². The van der Waals surface area contributed by atoms with Crippen LogP contribution in [0, 0.1) is 0 Å². The summed E-state index contributed by atoms with van der Waals surface area (Å²) in [5.41, 5.74) is 6.48. The van der Waals surface area contributed by atoms with E-state index in [4.69, 9.17) is 27.9 Å². The van der Waals surface area contributed by atoms with Crippen molar-refractivity contribution in [2.75, 3.05) is 13.0 Å². The summed E-state index contributed by atoms with van der Waals surface area (Å²) in [5, 5.41) is 8.90. The van der Waals surface area contributed by atoms with Gasteiger partial charge in [-0.2, -0.15) is 0 Å². The highest BCUT2D eigenvalue weighted by Gasteiger charge is 2.23. The van der Waals surface area contributed by atoms with Gasteiger partial charge in [0, 0.05) is 0 Å². The van der Waals surface area contributed by atoms with E-state index in [1.807, 2.05) is 0 Å². The number of Topliss-reactive ketones (excluding diaryl/α,β-unsaturated/α-hetero) is 1. The van der Waals surface area contributed by atoms with E-state index in [0.29, 0.717) is 6.42 Å². The second kappa shape index (κ2) is 9.20. The van der Waals surface area contributed by atoms with E-state index in [2.05, 4.69) is 0 Å². The Bertz CT molecular complexity index is 549. The Morgan fingerprint density at radius 3 is 2.48 bits per heavy atom. The molecule has 0 aliphatic rings. The Balaban J connectivity index is 2.59. The van der Waals surface area contributed by atoms with Crippen LogP contribution in [0.4, 0.5) is 0 Å². The smallest absolute Gasteiger partial charge is 0.402 e. The van der Waals surface area contributed by atoms with Crippen LogP contribution in [-0.2, 0) is 20.5 Å². The Hall–Kier alpha value is -1.18. The number of hydrogen-bond donors (Lipinski definition) is 3. The van der Waals surface area contributed by atoms with Gasteiger partial charge in [-0.25, -0.2) is 4.57 Å². The highest BCUT2D eigenvalue weighted by Crippen LogP contribution is 2.42. The summed E-state index contributed by atoms with van der Waals surface area (Å²) in [5.74, 6) is 0.0774. The van der Waals surface area contributed by atoms with E-state index < -0.39 is 26.1 Å². The lowest BCUT2D eigenvalue weighted by Gasteiger charge is -2.18. The van der Waals surface area contributed by atoms with Crippen molar-refractivity contribution in [3.63, 3.8) is 0 Å². The van der Waals surface area contributed by atoms with Crippen molar-refractivity contribution in [3.8, 4) is 5.75 Å². The van der Waals surface area contributed by atoms with Gasteiger partial charge in [0.2, 0.25) is 0 Å². The lowest BCUT2D eigenvalue weighted by atomic mass is 10.0. The molecule has 7 nitrogen and oxygen atoms in total. The van der Waals surface area contributed by atoms with Crippen LogP contribution in [0.15, 0.2) is 24.3 Å². The van der Waals surface area contributed by atoms with Crippen LogP contribution in [0.3, 0.4) is 0 Å². The second-order valence-electron chi connectivity index (χ2n) is 5.13. The summed E-state index contributed by atoms with van der Waals surface area (Å²) in [4.78, 5) is 20.8. The first-order chi connectivity index (χ1) is 10.8. The van der Waals surface area contributed by atoms with Gasteiger partial charge < -0.3 is 25.0 Å². The fourth-order valence-corrected chi connectivity index (χ4v) is 2.57. The minimum atomic E-state index is -4.02. The summed E-state index contributed by atoms with van der Waals surface area (Å²) in [6.45, 7) is 1.08. The molecule has 0 aromatic heterocycles. The molecule has 2 radical (unpaired) electrons. The van der Waals surface area contributed by atoms with Crippen molar-refractivity contribution in [1.29, 1.82) is 0 Å². The maximum Gasteiger partial charge on any atom is 0.402 e. The van der Waals surface area contributed by atoms with Crippen LogP contribution in [0.2, 0.25) is 6.32 Å². The third-order valence-corrected chi connectivity index (χ3v) is 4.06. The molecule has 0 aliphatic heterocycles. The predicted octanol–water partition coefficient (Wildman–Crippen LogP) is 0.631. The first kappa shape index (κ1) is 19.9. The Kier molecular flexibility index (Phi) is 7.95. The van der Waals surface area contributed by atoms with Crippen LogP contribution in [0.25, 0.3) is 0 Å². The van der Waals surface area contributed by atoms with Crippen LogP contribution in [-0.4, -0.2) is 48.7 Å². The van der Waals surface area contributed by atoms with Gasteiger partial charge in [-0.05, 0) is 31.0 Å². The summed E-state index contributed by atoms with van der Waals surface area (Å²) < 4.78 is 21.9. The molecule has 0 amide bonds. The number of benzene rings is 1. The van der Waals surface area contributed by atoms with Gasteiger partial charge in [-0.1, -0.05) is 18.5 Å². The lowest BCUT2D eigenvalue weighted by molar-refractivity contribution is -0.118. The van der Waals surface area contributed by atoms with Crippen LogP contribution in [0.5, 0.6) is 5.75 Å². The average molecular weight is 341 g/mol. The molecule has 0 fully saturated rings. The van der Waals surface area contributed by atoms with Crippen molar-refractivity contribution >= 4 is 21.2 Å². The molecule has 1 aromatic carbocycles. The number of carbonyl (C=O) groups is 1. The van der Waals surface area contributed by atoms with Gasteiger partial charge in [0.15, 0.2) is 6.35 Å². The number of aliphatic hydroxyl groups is 1. The molecule has 1 aromatic rings. The molecule has 9 heteroatoms. The monoisotopic (exact) mass is 341 g/mol. The van der Waals surface area contributed by atoms with E-state index in [-0.39, 0.29) is 24.5 Å². The summed E-state index contributed by atoms with van der Waals surface area (Å²) >= 11 is 0. The van der Waals surface area contributed by atoms with Gasteiger partial charge >= 0.3 is 7.60 Å². The first-order valence-electron chi connectivity index (χ1n) is 7.06. The number of ether oxygens (including phenoxy) is 1. The number of rotatable bonds is 10. The second-order valence-corrected chi connectivity index (χ2v) is 6.85. The number of carbonyl (C=O) groups excluding carboxylic acids is 1. The molecule has 0 spiro atoms. The van der Waals surface area contributed by atoms with Crippen molar-refractivity contribution < 1.29 is 28.6 Å². The van der Waals surface area contributed by atoms with Gasteiger partial charge in [0.05, 0.1) is 26.6 Å². The van der Waals surface area contributed by atoms with Gasteiger partial charge in [-0.3, -0.25) is 4.79 Å². The fourth-order valence-electron chi connectivity index (χ4n) is 1.67. The maximum absolute atomic E-state index is 11.9. The molecule has 0 heterocycles. The molecule has 0 bridgehead atoms. The maximum atomic E-state index is 11.9. The molecule has 0 saturated carbocycles. The average Bonchev–Trinajstić information content (AvgIpc) is 2.49. The van der Waals surface area contributed by atoms with Crippen molar-refractivity contribution in [3.05, 3.63) is 29.8 Å². The third kappa shape index (κ3) is 7.29. The topological polar surface area (TPSA) is 119 Å². The Labute approximate surface area is 136 Å². The summed E-state index contributed by atoms with van der Waals surface area (Å²) in [6.07, 6.45) is -0.882. The predicted molar refractivity (Wildman–Crippen MR) is 86.6 cm³/mol. The Morgan fingerprint density at radius 2 is 2.00 bits per heavy atom. The van der Waals surface area contributed by atoms with Crippen LogP contribution in [0.1, 0.15) is 12.5 Å². The van der Waals surface area contributed by atoms with Crippen molar-refractivity contribution in [1.82, 2.24) is 0 Å². The third-order valence-electron chi connectivity index (χ3n) is 3.09. The number of ketones is 1. The molecule has 2 unspecified atom stereocenters. The number of hydrogen-bond acceptors (Lipinski definition) is 6. The number of aliphatic hydroxyl groups excluding tert-OH is 1. The molecular weight excluding hydrogens is 320 g/mol. The molecule has 4 N–H and O–H groups in total. The zero-order valence-electron chi connectivity index (χ0n) is 12.9. The molecule has 0 saturated heterocycles. The normalized spacial score (nSPS) is 16.3. The molecule has 1 rings (SSSR count). The van der Waals surface area contributed by atoms with Gasteiger partial charge in [0.25, 0.3) is 0 Å². The quantitative estimate of drug-likeness (QED) is 0.422. The van der Waals surface area contributed by atoms with E-state index in [1.165, 1.54) is 19.1 Å². The largest absolute Gasteiger partial charge is 0.423 e. The molecular formula is C14H21BNO6P. The molecule has 0 aliphatic carbocycles. The van der Waals surface area contributed by atoms with E-state index in [0.717, 1.165) is 5.56 Å². The SMILES string of the molecule is [B]C[C@@H](CO)OCP(=O)(O)Oc1ccc(CC(N)C(C)=O)cc1. The minimum Gasteiger partial charge on any atom is -0.423 e. The highest BCUT2D eigenvalue weighted by molar-refractivity contribution is 7.53. The zero-order valence-corrected chi connectivity index (χ0v) is 13.8. The molecule has 126 valence electrons. The minimum absolute atomic E-state index is 0.0294.